The van der Waals surface area contributed by atoms with Gasteiger partial charge in [-0.25, -0.2) is 22.7 Å². The van der Waals surface area contributed by atoms with Crippen LogP contribution in [0.1, 0.15) is 40.4 Å². The summed E-state index contributed by atoms with van der Waals surface area (Å²) in [6.07, 6.45) is 2.67. The van der Waals surface area contributed by atoms with Crippen LogP contribution in [0.3, 0.4) is 0 Å². The molecule has 44 heavy (non-hydrogen) atoms. The zero-order chi connectivity index (χ0) is 32.0. The molecule has 2 aromatic carbocycles. The topological polar surface area (TPSA) is 144 Å². The molecule has 1 fully saturated rings. The van der Waals surface area contributed by atoms with Gasteiger partial charge in [0.15, 0.2) is 30.5 Å². The summed E-state index contributed by atoms with van der Waals surface area (Å²) in [5.41, 5.74) is 0.509. The van der Waals surface area contributed by atoms with Crippen molar-refractivity contribution in [2.45, 2.75) is 36.9 Å². The van der Waals surface area contributed by atoms with Crippen molar-refractivity contribution in [1.29, 1.82) is 0 Å². The Hall–Kier alpha value is -3.72. The number of carbonyl (C=O) groups excluding carboxylic acids is 2. The van der Waals surface area contributed by atoms with Gasteiger partial charge in [0, 0.05) is 12.0 Å². The summed E-state index contributed by atoms with van der Waals surface area (Å²) >= 11 is 12.5. The van der Waals surface area contributed by atoms with Gasteiger partial charge in [0.05, 0.1) is 17.1 Å². The number of benzene rings is 2. The van der Waals surface area contributed by atoms with Gasteiger partial charge in [-0.2, -0.15) is 13.5 Å². The van der Waals surface area contributed by atoms with E-state index in [1.54, 1.807) is 0 Å². The number of carbonyl (C=O) groups is 2. The lowest BCUT2D eigenvalue weighted by molar-refractivity contribution is -0.605. The first-order valence-electron chi connectivity index (χ1n) is 13.0. The third-order valence-electron chi connectivity index (χ3n) is 6.44. The zero-order valence-corrected chi connectivity index (χ0v) is 25.3. The minimum atomic E-state index is -3.73. The van der Waals surface area contributed by atoms with Crippen molar-refractivity contribution in [2.24, 2.45) is 5.92 Å². The molecule has 0 amide bonds. The van der Waals surface area contributed by atoms with Gasteiger partial charge in [0.25, 0.3) is 0 Å². The van der Waals surface area contributed by atoms with E-state index in [2.05, 4.69) is 9.46 Å². The van der Waals surface area contributed by atoms with Crippen molar-refractivity contribution in [3.63, 3.8) is 0 Å². The van der Waals surface area contributed by atoms with Gasteiger partial charge in [-0.3, -0.25) is 0 Å². The fourth-order valence-electron chi connectivity index (χ4n) is 3.95. The zero-order valence-electron chi connectivity index (χ0n) is 23.0. The molecule has 0 unspecified atom stereocenters. The van der Waals surface area contributed by atoms with Crippen LogP contribution in [0.15, 0.2) is 59.8 Å². The second-order valence-corrected chi connectivity index (χ2v) is 12.3. The summed E-state index contributed by atoms with van der Waals surface area (Å²) in [5.74, 6) is -1.86. The molecule has 0 aliphatic heterocycles. The Kier molecular flexibility index (Phi) is 10.8. The van der Waals surface area contributed by atoms with Crippen LogP contribution in [0.25, 0.3) is 0 Å². The highest BCUT2D eigenvalue weighted by Crippen LogP contribution is 2.37. The molecule has 3 aromatic rings. The van der Waals surface area contributed by atoms with E-state index in [-0.39, 0.29) is 62.1 Å². The van der Waals surface area contributed by atoms with E-state index in [1.807, 2.05) is 0 Å². The molecule has 4 rings (SSSR count). The Morgan fingerprint density at radius 1 is 1.07 bits per heavy atom. The molecule has 0 bridgehead atoms. The van der Waals surface area contributed by atoms with Crippen LogP contribution in [-0.2, 0) is 30.7 Å². The van der Waals surface area contributed by atoms with E-state index < -0.39 is 41.3 Å². The minimum Gasteiger partial charge on any atom is -0.619 e. The van der Waals surface area contributed by atoms with Crippen LogP contribution in [0.5, 0.6) is 11.5 Å². The normalized spacial score (nSPS) is 13.8. The summed E-state index contributed by atoms with van der Waals surface area (Å²) in [6.45, 7) is -3.68. The molecule has 1 heterocycles. The van der Waals surface area contributed by atoms with Gasteiger partial charge in [-0.1, -0.05) is 29.3 Å². The first-order chi connectivity index (χ1) is 20.9. The highest BCUT2D eigenvalue weighted by Gasteiger charge is 2.27. The van der Waals surface area contributed by atoms with E-state index in [9.17, 15) is 32.0 Å². The first-order valence-corrected chi connectivity index (χ1v) is 15.3. The van der Waals surface area contributed by atoms with Gasteiger partial charge in [-0.05, 0) is 67.8 Å². The highest BCUT2D eigenvalue weighted by molar-refractivity contribution is 7.89. The maximum absolute atomic E-state index is 13.0. The largest absolute Gasteiger partial charge is 0.619 e. The fourth-order valence-corrected chi connectivity index (χ4v) is 5.28. The molecule has 1 aliphatic rings. The van der Waals surface area contributed by atoms with Crippen LogP contribution >= 0.6 is 23.2 Å². The average molecular weight is 675 g/mol. The summed E-state index contributed by atoms with van der Waals surface area (Å²) in [7, 11) is -2.49. The van der Waals surface area contributed by atoms with E-state index in [4.69, 9.17) is 37.4 Å². The molecule has 236 valence electrons. The molecule has 1 N–H and O–H groups in total. The lowest BCUT2D eigenvalue weighted by Gasteiger charge is -2.21. The molecule has 0 spiro atoms. The summed E-state index contributed by atoms with van der Waals surface area (Å²) in [5, 5.41) is 11.7. The lowest BCUT2D eigenvalue weighted by atomic mass is 10.0. The molecular formula is C28H26Cl2F2N2O9S. The number of esters is 2. The van der Waals surface area contributed by atoms with Gasteiger partial charge in [-0.15, -0.1) is 0 Å². The first kappa shape index (κ1) is 33.2. The van der Waals surface area contributed by atoms with Crippen molar-refractivity contribution >= 4 is 45.2 Å². The molecule has 1 atom stereocenters. The Labute approximate surface area is 261 Å². The average Bonchev–Trinajstić information content (AvgIpc) is 3.81. The summed E-state index contributed by atoms with van der Waals surface area (Å²) in [6, 6.07) is 8.82. The van der Waals surface area contributed by atoms with Crippen molar-refractivity contribution < 1.29 is 50.5 Å². The van der Waals surface area contributed by atoms with Crippen molar-refractivity contribution in [3.8, 4) is 11.5 Å². The lowest BCUT2D eigenvalue weighted by Crippen LogP contribution is -2.26. The maximum atomic E-state index is 13.0. The van der Waals surface area contributed by atoms with Gasteiger partial charge >= 0.3 is 18.6 Å². The monoisotopic (exact) mass is 674 g/mol. The standard InChI is InChI=1S/C28H26Cl2F2N2O9S/c1-33-44(38,39)19-7-4-17(5-8-19)27(36)41-15-26(35)42-24(11-20-21(29)12-34(37)13-22(20)30)18-6-9-23(43-28(31)32)25(10-18)40-14-16-2-3-16/h4-10,12-13,16,24,28,33H,2-3,11,14-15H2,1H3/t24-/m0/s1. The molecule has 1 aliphatic carbocycles. The maximum Gasteiger partial charge on any atom is 0.387 e. The smallest absolute Gasteiger partial charge is 0.387 e. The molecule has 16 heteroatoms. The number of nitrogens with zero attached hydrogens (tertiary/aromatic N) is 1. The number of alkyl halides is 2. The highest BCUT2D eigenvalue weighted by atomic mass is 35.5. The molecule has 11 nitrogen and oxygen atoms in total. The van der Waals surface area contributed by atoms with Crippen LogP contribution in [0.2, 0.25) is 10.0 Å². The second kappa shape index (κ2) is 14.4. The summed E-state index contributed by atoms with van der Waals surface area (Å²) in [4.78, 5) is 25.3. The van der Waals surface area contributed by atoms with Crippen molar-refractivity contribution in [1.82, 2.24) is 4.72 Å². The van der Waals surface area contributed by atoms with E-state index >= 15 is 0 Å². The van der Waals surface area contributed by atoms with Gasteiger partial charge in [0.1, 0.15) is 16.1 Å². The van der Waals surface area contributed by atoms with Gasteiger partial charge in [0.2, 0.25) is 10.0 Å². The van der Waals surface area contributed by atoms with E-state index in [0.717, 1.165) is 25.2 Å². The van der Waals surface area contributed by atoms with Crippen LogP contribution < -0.4 is 18.9 Å². The number of hydrogen-bond acceptors (Lipinski definition) is 9. The van der Waals surface area contributed by atoms with E-state index in [1.165, 1.54) is 49.5 Å². The number of aromatic nitrogens is 1. The molecular weight excluding hydrogens is 649 g/mol. The number of rotatable bonds is 14. The second-order valence-electron chi connectivity index (χ2n) is 9.62. The van der Waals surface area contributed by atoms with Crippen LogP contribution in [0, 0.1) is 11.1 Å². The van der Waals surface area contributed by atoms with Crippen LogP contribution in [0.4, 0.5) is 8.78 Å². The molecule has 1 aromatic heterocycles. The number of nitrogens with one attached hydrogen (secondary N) is 1. The number of sulfonamides is 1. The van der Waals surface area contributed by atoms with Crippen molar-refractivity contribution in [2.75, 3.05) is 20.3 Å². The number of halogens is 4. The van der Waals surface area contributed by atoms with Crippen LogP contribution in [-0.4, -0.2) is 47.2 Å². The SMILES string of the molecule is CNS(=O)(=O)c1ccc(C(=O)OCC(=O)O[C@@H](Cc2c(Cl)c[n+]([O-])cc2Cl)c2ccc(OC(F)F)c(OCC3CC3)c2)cc1. The predicted molar refractivity (Wildman–Crippen MR) is 152 cm³/mol. The number of hydrogen-bond donors (Lipinski definition) is 1. The molecule has 0 saturated heterocycles. The number of ether oxygens (including phenoxy) is 4. The Bertz CT molecular complexity index is 1600. The quantitative estimate of drug-likeness (QED) is 0.147. The minimum absolute atomic E-state index is 0.00596. The molecule has 0 radical (unpaired) electrons. The third kappa shape index (κ3) is 8.91. The van der Waals surface area contributed by atoms with Crippen molar-refractivity contribution in [3.05, 3.63) is 86.8 Å². The third-order valence-corrected chi connectivity index (χ3v) is 8.52. The van der Waals surface area contributed by atoms with Gasteiger partial charge < -0.3 is 24.2 Å². The summed E-state index contributed by atoms with van der Waals surface area (Å²) < 4.78 is 73.4. The predicted octanol–water partition coefficient (Wildman–Crippen LogP) is 4.61. The Balaban J connectivity index is 1.54. The number of pyridine rings is 1. The molecule has 1 saturated carbocycles. The Morgan fingerprint density at radius 2 is 1.73 bits per heavy atom. The van der Waals surface area contributed by atoms with E-state index in [0.29, 0.717) is 4.73 Å². The Morgan fingerprint density at radius 3 is 2.32 bits per heavy atom. The fraction of sp³-hybridized carbons (Fsp3) is 0.321.